The molecule has 0 atom stereocenters. The Kier molecular flexibility index (Phi) is 2.62. The highest BCUT2D eigenvalue weighted by Gasteiger charge is 2.24. The molecule has 2 rings (SSSR count). The predicted molar refractivity (Wildman–Crippen MR) is 67.4 cm³/mol. The lowest BCUT2D eigenvalue weighted by Gasteiger charge is -2.21. The Morgan fingerprint density at radius 1 is 1.24 bits per heavy atom. The zero-order chi connectivity index (χ0) is 12.6. The summed E-state index contributed by atoms with van der Waals surface area (Å²) in [5.74, 6) is -0.895. The molecular formula is C14H15NO2. The lowest BCUT2D eigenvalue weighted by molar-refractivity contribution is 0.0696. The number of rotatable bonds is 1. The number of pyridine rings is 1. The fourth-order valence-corrected chi connectivity index (χ4v) is 1.94. The Hall–Kier alpha value is -1.90. The minimum absolute atomic E-state index is 0.231. The van der Waals surface area contributed by atoms with E-state index in [4.69, 9.17) is 0 Å². The van der Waals surface area contributed by atoms with E-state index >= 15 is 0 Å². The molecule has 3 nitrogen and oxygen atoms in total. The van der Waals surface area contributed by atoms with E-state index in [0.717, 1.165) is 11.1 Å². The Bertz CT molecular complexity index is 582. The van der Waals surface area contributed by atoms with Gasteiger partial charge in [0.05, 0.1) is 11.1 Å². The first-order chi connectivity index (χ1) is 7.91. The molecule has 0 amide bonds. The van der Waals surface area contributed by atoms with E-state index in [1.165, 1.54) is 0 Å². The van der Waals surface area contributed by atoms with Crippen molar-refractivity contribution in [3.8, 4) is 0 Å². The minimum atomic E-state index is -0.895. The lowest BCUT2D eigenvalue weighted by atomic mass is 9.83. The third kappa shape index (κ3) is 2.00. The number of nitrogens with zero attached hydrogens (tertiary/aromatic N) is 1. The third-order valence-corrected chi connectivity index (χ3v) is 2.80. The van der Waals surface area contributed by atoms with Crippen LogP contribution in [0.5, 0.6) is 0 Å². The van der Waals surface area contributed by atoms with Crippen LogP contribution in [0.15, 0.2) is 30.5 Å². The maximum Gasteiger partial charge on any atom is 0.336 e. The van der Waals surface area contributed by atoms with Crippen molar-refractivity contribution in [3.63, 3.8) is 0 Å². The smallest absolute Gasteiger partial charge is 0.336 e. The molecule has 1 N–H and O–H groups in total. The molecule has 0 saturated carbocycles. The second kappa shape index (κ2) is 3.84. The highest BCUT2D eigenvalue weighted by atomic mass is 16.4. The molecule has 0 unspecified atom stereocenters. The van der Waals surface area contributed by atoms with Gasteiger partial charge < -0.3 is 5.11 Å². The second-order valence-corrected chi connectivity index (χ2v) is 5.12. The lowest BCUT2D eigenvalue weighted by Crippen LogP contribution is -2.17. The molecule has 0 saturated heterocycles. The maximum atomic E-state index is 11.5. The number of aromatic carboxylic acids is 1. The summed E-state index contributed by atoms with van der Waals surface area (Å²) in [5, 5.41) is 10.1. The molecule has 1 aromatic carbocycles. The molecule has 0 aliphatic heterocycles. The summed E-state index contributed by atoms with van der Waals surface area (Å²) >= 11 is 0. The van der Waals surface area contributed by atoms with Crippen LogP contribution in [-0.4, -0.2) is 16.1 Å². The van der Waals surface area contributed by atoms with Crippen molar-refractivity contribution in [3.05, 3.63) is 41.6 Å². The van der Waals surface area contributed by atoms with E-state index in [-0.39, 0.29) is 5.41 Å². The summed E-state index contributed by atoms with van der Waals surface area (Å²) in [6, 6.07) is 7.33. The molecule has 17 heavy (non-hydrogen) atoms. The molecular weight excluding hydrogens is 214 g/mol. The Morgan fingerprint density at radius 3 is 2.47 bits per heavy atom. The van der Waals surface area contributed by atoms with E-state index in [2.05, 4.69) is 4.98 Å². The summed E-state index contributed by atoms with van der Waals surface area (Å²) < 4.78 is 0. The van der Waals surface area contributed by atoms with Gasteiger partial charge in [0.1, 0.15) is 0 Å². The highest BCUT2D eigenvalue weighted by molar-refractivity contribution is 6.04. The van der Waals surface area contributed by atoms with E-state index in [0.29, 0.717) is 10.9 Å². The van der Waals surface area contributed by atoms with E-state index in [9.17, 15) is 9.90 Å². The number of hydrogen-bond donors (Lipinski definition) is 1. The molecule has 0 fully saturated rings. The Morgan fingerprint density at radius 2 is 1.88 bits per heavy atom. The van der Waals surface area contributed by atoms with Crippen molar-refractivity contribution in [2.24, 2.45) is 0 Å². The van der Waals surface area contributed by atoms with Crippen molar-refractivity contribution in [2.45, 2.75) is 26.2 Å². The number of para-hydroxylation sites is 1. The highest BCUT2D eigenvalue weighted by Crippen LogP contribution is 2.29. The van der Waals surface area contributed by atoms with Crippen LogP contribution < -0.4 is 0 Å². The summed E-state index contributed by atoms with van der Waals surface area (Å²) in [4.78, 5) is 15.8. The number of carboxylic acid groups (broad SMARTS) is 1. The average Bonchev–Trinajstić information content (AvgIpc) is 2.26. The Balaban J connectivity index is 2.87. The number of hydrogen-bond acceptors (Lipinski definition) is 2. The van der Waals surface area contributed by atoms with Crippen molar-refractivity contribution in [2.75, 3.05) is 0 Å². The molecule has 1 heterocycles. The van der Waals surface area contributed by atoms with Crippen LogP contribution in [-0.2, 0) is 5.41 Å². The monoisotopic (exact) mass is 229 g/mol. The van der Waals surface area contributed by atoms with Crippen LogP contribution in [0, 0.1) is 0 Å². The van der Waals surface area contributed by atoms with Gasteiger partial charge >= 0.3 is 5.97 Å². The van der Waals surface area contributed by atoms with Crippen molar-refractivity contribution < 1.29 is 9.90 Å². The summed E-state index contributed by atoms with van der Waals surface area (Å²) in [5.41, 5.74) is 1.62. The van der Waals surface area contributed by atoms with Crippen molar-refractivity contribution in [1.29, 1.82) is 0 Å². The molecule has 0 spiro atoms. The second-order valence-electron chi connectivity index (χ2n) is 5.12. The van der Waals surface area contributed by atoms with Crippen LogP contribution in [0.4, 0.5) is 0 Å². The van der Waals surface area contributed by atoms with E-state index in [1.807, 2.05) is 39.0 Å². The Labute approximate surface area is 100 Å². The fraction of sp³-hybridized carbons (Fsp3) is 0.286. The molecule has 0 aliphatic carbocycles. The molecule has 0 bridgehead atoms. The van der Waals surface area contributed by atoms with Crippen LogP contribution >= 0.6 is 0 Å². The van der Waals surface area contributed by atoms with Gasteiger partial charge in [-0.3, -0.25) is 4.98 Å². The van der Waals surface area contributed by atoms with E-state index in [1.54, 1.807) is 12.3 Å². The van der Waals surface area contributed by atoms with Gasteiger partial charge in [0.2, 0.25) is 0 Å². The molecule has 2 aromatic rings. The number of aromatic nitrogens is 1. The van der Waals surface area contributed by atoms with Gasteiger partial charge in [0, 0.05) is 11.6 Å². The van der Waals surface area contributed by atoms with Crippen molar-refractivity contribution >= 4 is 16.9 Å². The molecule has 1 aromatic heterocycles. The molecule has 0 aliphatic rings. The largest absolute Gasteiger partial charge is 0.478 e. The zero-order valence-electron chi connectivity index (χ0n) is 10.2. The van der Waals surface area contributed by atoms with Gasteiger partial charge in [-0.25, -0.2) is 4.79 Å². The van der Waals surface area contributed by atoms with Gasteiger partial charge in [-0.15, -0.1) is 0 Å². The SMILES string of the molecule is CC(C)(C)c1cnc2ccccc2c1C(=O)O. The van der Waals surface area contributed by atoms with Crippen LogP contribution in [0.1, 0.15) is 36.7 Å². The number of fused-ring (bicyclic) bond motifs is 1. The maximum absolute atomic E-state index is 11.5. The first kappa shape index (κ1) is 11.6. The van der Waals surface area contributed by atoms with Gasteiger partial charge in [-0.2, -0.15) is 0 Å². The van der Waals surface area contributed by atoms with E-state index < -0.39 is 5.97 Å². The normalized spacial score (nSPS) is 11.7. The minimum Gasteiger partial charge on any atom is -0.478 e. The summed E-state index contributed by atoms with van der Waals surface area (Å²) in [6.45, 7) is 5.97. The summed E-state index contributed by atoms with van der Waals surface area (Å²) in [6.07, 6.45) is 1.67. The molecule has 3 heteroatoms. The van der Waals surface area contributed by atoms with Gasteiger partial charge in [-0.05, 0) is 17.0 Å². The third-order valence-electron chi connectivity index (χ3n) is 2.80. The first-order valence-corrected chi connectivity index (χ1v) is 5.53. The van der Waals surface area contributed by atoms with Crippen molar-refractivity contribution in [1.82, 2.24) is 4.98 Å². The quantitative estimate of drug-likeness (QED) is 0.816. The van der Waals surface area contributed by atoms with Gasteiger partial charge in [0.25, 0.3) is 0 Å². The summed E-state index contributed by atoms with van der Waals surface area (Å²) in [7, 11) is 0. The number of benzene rings is 1. The number of carbonyl (C=O) groups is 1. The average molecular weight is 229 g/mol. The number of carboxylic acids is 1. The van der Waals surface area contributed by atoms with Gasteiger partial charge in [-0.1, -0.05) is 39.0 Å². The van der Waals surface area contributed by atoms with Crippen LogP contribution in [0.3, 0.4) is 0 Å². The van der Waals surface area contributed by atoms with Gasteiger partial charge in [0.15, 0.2) is 0 Å². The molecule has 0 radical (unpaired) electrons. The predicted octanol–water partition coefficient (Wildman–Crippen LogP) is 3.23. The zero-order valence-corrected chi connectivity index (χ0v) is 10.2. The fourth-order valence-electron chi connectivity index (χ4n) is 1.94. The first-order valence-electron chi connectivity index (χ1n) is 5.53. The standard InChI is InChI=1S/C14H15NO2/c1-14(2,3)10-8-15-11-7-5-4-6-9(11)12(10)13(16)17/h4-8H,1-3H3,(H,16,17). The molecule has 88 valence electrons. The van der Waals surface area contributed by atoms with Crippen LogP contribution in [0.25, 0.3) is 10.9 Å². The van der Waals surface area contributed by atoms with Crippen LogP contribution in [0.2, 0.25) is 0 Å². The topological polar surface area (TPSA) is 50.2 Å².